The number of hydrogen-bond donors (Lipinski definition) is 0. The number of nitrogens with zero attached hydrogens (tertiary/aromatic N) is 3. The van der Waals surface area contributed by atoms with E-state index in [1.807, 2.05) is 24.4 Å². The minimum absolute atomic E-state index is 0.537. The number of rotatable bonds is 2. The maximum Gasteiger partial charge on any atom is 0.0886 e. The molecular weight excluding hydrogens is 222 g/mol. The van der Waals surface area contributed by atoms with Crippen LogP contribution in [0.5, 0.6) is 0 Å². The highest BCUT2D eigenvalue weighted by Gasteiger charge is 2.22. The van der Waals surface area contributed by atoms with Gasteiger partial charge < -0.3 is 0 Å². The van der Waals surface area contributed by atoms with E-state index in [0.29, 0.717) is 6.04 Å². The molecule has 0 unspecified atom stereocenters. The van der Waals surface area contributed by atoms with Gasteiger partial charge >= 0.3 is 0 Å². The van der Waals surface area contributed by atoms with Gasteiger partial charge in [-0.05, 0) is 50.2 Å². The van der Waals surface area contributed by atoms with Crippen LogP contribution >= 0.6 is 0 Å². The van der Waals surface area contributed by atoms with Gasteiger partial charge in [-0.2, -0.15) is 0 Å². The minimum Gasteiger partial charge on any atom is -0.299 e. The summed E-state index contributed by atoms with van der Waals surface area (Å²) in [6.45, 7) is 1.19. The van der Waals surface area contributed by atoms with Gasteiger partial charge in [0.05, 0.1) is 11.4 Å². The zero-order valence-electron chi connectivity index (χ0n) is 10.6. The predicted molar refractivity (Wildman–Crippen MR) is 72.1 cm³/mol. The summed E-state index contributed by atoms with van der Waals surface area (Å²) in [7, 11) is 2.18. The molecule has 2 aromatic rings. The van der Waals surface area contributed by atoms with Crippen LogP contribution in [0.4, 0.5) is 0 Å². The largest absolute Gasteiger partial charge is 0.299 e. The monoisotopic (exact) mass is 239 g/mol. The third-order valence-electron chi connectivity index (χ3n) is 3.62. The maximum absolute atomic E-state index is 4.54. The lowest BCUT2D eigenvalue weighted by atomic mass is 10.1. The fourth-order valence-electron chi connectivity index (χ4n) is 2.60. The Morgan fingerprint density at radius 3 is 2.61 bits per heavy atom. The molecule has 0 amide bonds. The molecule has 2 aromatic heterocycles. The van der Waals surface area contributed by atoms with Crippen molar-refractivity contribution in [3.8, 4) is 11.4 Å². The SMILES string of the molecule is CN1CCC[C@H]1c1ccc(-c2ccccn2)nc1. The van der Waals surface area contributed by atoms with Crippen molar-refractivity contribution < 1.29 is 0 Å². The van der Waals surface area contributed by atoms with Crippen LogP contribution in [0.1, 0.15) is 24.4 Å². The highest BCUT2D eigenvalue weighted by molar-refractivity contribution is 5.53. The molecule has 0 radical (unpaired) electrons. The summed E-state index contributed by atoms with van der Waals surface area (Å²) in [5.41, 5.74) is 3.19. The molecule has 0 saturated carbocycles. The first-order valence-electron chi connectivity index (χ1n) is 6.42. The molecule has 0 bridgehead atoms. The van der Waals surface area contributed by atoms with Crippen LogP contribution in [-0.4, -0.2) is 28.5 Å². The number of likely N-dealkylation sites (tertiary alicyclic amines) is 1. The van der Waals surface area contributed by atoms with E-state index in [1.54, 1.807) is 6.20 Å². The van der Waals surface area contributed by atoms with Gasteiger partial charge in [-0.1, -0.05) is 12.1 Å². The van der Waals surface area contributed by atoms with E-state index in [4.69, 9.17) is 0 Å². The number of pyridine rings is 2. The molecule has 1 aliphatic heterocycles. The third kappa shape index (κ3) is 2.14. The van der Waals surface area contributed by atoms with E-state index in [-0.39, 0.29) is 0 Å². The molecule has 1 fully saturated rings. The van der Waals surface area contributed by atoms with Gasteiger partial charge in [0.1, 0.15) is 0 Å². The molecule has 3 heterocycles. The average Bonchev–Trinajstić information content (AvgIpc) is 2.86. The molecule has 3 heteroatoms. The Morgan fingerprint density at radius 1 is 1.11 bits per heavy atom. The minimum atomic E-state index is 0.537. The Hall–Kier alpha value is -1.74. The van der Waals surface area contributed by atoms with Crippen LogP contribution in [0.3, 0.4) is 0 Å². The Kier molecular flexibility index (Phi) is 3.07. The molecule has 0 N–H and O–H groups in total. The van der Waals surface area contributed by atoms with Crippen molar-refractivity contribution >= 4 is 0 Å². The summed E-state index contributed by atoms with van der Waals surface area (Å²) in [5.74, 6) is 0. The van der Waals surface area contributed by atoms with Crippen molar-refractivity contribution in [1.82, 2.24) is 14.9 Å². The zero-order chi connectivity index (χ0) is 12.4. The number of hydrogen-bond acceptors (Lipinski definition) is 3. The fourth-order valence-corrected chi connectivity index (χ4v) is 2.60. The number of aromatic nitrogens is 2. The molecule has 1 atom stereocenters. The lowest BCUT2D eigenvalue weighted by Gasteiger charge is -2.19. The second-order valence-corrected chi connectivity index (χ2v) is 4.83. The van der Waals surface area contributed by atoms with E-state index in [9.17, 15) is 0 Å². The highest BCUT2D eigenvalue weighted by atomic mass is 15.1. The molecule has 18 heavy (non-hydrogen) atoms. The Labute approximate surface area is 108 Å². The third-order valence-corrected chi connectivity index (χ3v) is 3.62. The first-order valence-corrected chi connectivity index (χ1v) is 6.42. The van der Waals surface area contributed by atoms with Crippen LogP contribution < -0.4 is 0 Å². The van der Waals surface area contributed by atoms with Crippen LogP contribution in [0.25, 0.3) is 11.4 Å². The van der Waals surface area contributed by atoms with E-state index in [0.717, 1.165) is 11.4 Å². The molecule has 3 rings (SSSR count). The maximum atomic E-state index is 4.54. The van der Waals surface area contributed by atoms with Gasteiger partial charge in [-0.15, -0.1) is 0 Å². The fraction of sp³-hybridized carbons (Fsp3) is 0.333. The molecular formula is C15H17N3. The standard InChI is InChI=1S/C15H17N3/c1-18-10-4-6-15(18)12-7-8-14(17-11-12)13-5-2-3-9-16-13/h2-3,5,7-9,11,15H,4,6,10H2,1H3/t15-/m0/s1. The summed E-state index contributed by atoms with van der Waals surface area (Å²) in [4.78, 5) is 11.3. The van der Waals surface area contributed by atoms with Crippen LogP contribution in [0, 0.1) is 0 Å². The smallest absolute Gasteiger partial charge is 0.0886 e. The molecule has 92 valence electrons. The lowest BCUT2D eigenvalue weighted by molar-refractivity contribution is 0.317. The first kappa shape index (κ1) is 11.4. The molecule has 3 nitrogen and oxygen atoms in total. The van der Waals surface area contributed by atoms with Gasteiger partial charge in [-0.3, -0.25) is 14.9 Å². The predicted octanol–water partition coefficient (Wildman–Crippen LogP) is 2.91. The quantitative estimate of drug-likeness (QED) is 0.807. The zero-order valence-corrected chi connectivity index (χ0v) is 10.6. The van der Waals surface area contributed by atoms with Crippen molar-refractivity contribution in [2.24, 2.45) is 0 Å². The van der Waals surface area contributed by atoms with E-state index in [1.165, 1.54) is 24.9 Å². The van der Waals surface area contributed by atoms with Crippen LogP contribution in [0.15, 0.2) is 42.7 Å². The van der Waals surface area contributed by atoms with Gasteiger partial charge in [0.15, 0.2) is 0 Å². The van der Waals surface area contributed by atoms with E-state index in [2.05, 4.69) is 34.0 Å². The normalized spacial score (nSPS) is 20.2. The summed E-state index contributed by atoms with van der Waals surface area (Å²) < 4.78 is 0. The van der Waals surface area contributed by atoms with E-state index >= 15 is 0 Å². The second kappa shape index (κ2) is 4.86. The molecule has 0 spiro atoms. The van der Waals surface area contributed by atoms with Crippen LogP contribution in [-0.2, 0) is 0 Å². The molecule has 0 aliphatic carbocycles. The van der Waals surface area contributed by atoms with Crippen molar-refractivity contribution in [2.45, 2.75) is 18.9 Å². The highest BCUT2D eigenvalue weighted by Crippen LogP contribution is 2.30. The van der Waals surface area contributed by atoms with E-state index < -0.39 is 0 Å². The second-order valence-electron chi connectivity index (χ2n) is 4.83. The van der Waals surface area contributed by atoms with Gasteiger partial charge in [-0.25, -0.2) is 0 Å². The lowest BCUT2D eigenvalue weighted by Crippen LogP contribution is -2.17. The average molecular weight is 239 g/mol. The van der Waals surface area contributed by atoms with Crippen LogP contribution in [0.2, 0.25) is 0 Å². The Morgan fingerprint density at radius 2 is 2.00 bits per heavy atom. The summed E-state index contributed by atoms with van der Waals surface area (Å²) in [6.07, 6.45) is 6.32. The van der Waals surface area contributed by atoms with Gasteiger partial charge in [0.2, 0.25) is 0 Å². The Bertz CT molecular complexity index is 507. The van der Waals surface area contributed by atoms with Crippen molar-refractivity contribution in [3.05, 3.63) is 48.3 Å². The summed E-state index contributed by atoms with van der Waals surface area (Å²) in [6, 6.07) is 10.7. The molecule has 1 aliphatic rings. The Balaban J connectivity index is 1.85. The van der Waals surface area contributed by atoms with Crippen molar-refractivity contribution in [1.29, 1.82) is 0 Å². The molecule has 1 saturated heterocycles. The molecule has 0 aromatic carbocycles. The van der Waals surface area contributed by atoms with Crippen molar-refractivity contribution in [2.75, 3.05) is 13.6 Å². The summed E-state index contributed by atoms with van der Waals surface area (Å²) >= 11 is 0. The van der Waals surface area contributed by atoms with Gasteiger partial charge in [0.25, 0.3) is 0 Å². The summed E-state index contributed by atoms with van der Waals surface area (Å²) in [5, 5.41) is 0. The van der Waals surface area contributed by atoms with Gasteiger partial charge in [0, 0.05) is 18.4 Å². The topological polar surface area (TPSA) is 29.0 Å². The first-order chi connectivity index (χ1) is 8.84. The van der Waals surface area contributed by atoms with Crippen molar-refractivity contribution in [3.63, 3.8) is 0 Å².